The number of hydrogen-bond acceptors (Lipinski definition) is 4. The molecule has 0 bridgehead atoms. The maximum Gasteiger partial charge on any atom is 0.460 e. The van der Waals surface area contributed by atoms with E-state index in [2.05, 4.69) is 14.7 Å². The standard InChI is InChI=1S/C6H4F7N3O/c1-14-3-15-2(16-17-3)4(7,8)5(9,10)6(11,12)13/h1H3,(H,14,15,16). The summed E-state index contributed by atoms with van der Waals surface area (Å²) in [7, 11) is 1.12. The second kappa shape index (κ2) is 3.74. The average Bonchev–Trinajstić information content (AvgIpc) is 2.64. The maximum absolute atomic E-state index is 12.9. The lowest BCUT2D eigenvalue weighted by atomic mass is 10.1. The molecule has 0 spiro atoms. The number of anilines is 1. The molecule has 0 saturated heterocycles. The molecule has 98 valence electrons. The van der Waals surface area contributed by atoms with Crippen LogP contribution in [0, 0.1) is 0 Å². The maximum atomic E-state index is 12.9. The van der Waals surface area contributed by atoms with E-state index < -0.39 is 29.9 Å². The van der Waals surface area contributed by atoms with Crippen molar-refractivity contribution in [2.45, 2.75) is 18.0 Å². The Labute approximate surface area is 88.8 Å². The highest BCUT2D eigenvalue weighted by Gasteiger charge is 2.75. The van der Waals surface area contributed by atoms with Crippen LogP contribution in [-0.4, -0.2) is 29.3 Å². The van der Waals surface area contributed by atoms with Gasteiger partial charge in [0.05, 0.1) is 0 Å². The van der Waals surface area contributed by atoms with Gasteiger partial charge in [0.15, 0.2) is 0 Å². The molecule has 0 aliphatic rings. The minimum atomic E-state index is -6.43. The van der Waals surface area contributed by atoms with Crippen molar-refractivity contribution in [3.8, 4) is 0 Å². The molecule has 1 rings (SSSR count). The Morgan fingerprint density at radius 3 is 1.94 bits per heavy atom. The number of nitrogens with zero attached hydrogens (tertiary/aromatic N) is 2. The molecule has 0 aromatic carbocycles. The molecule has 0 fully saturated rings. The Bertz CT molecular complexity index is 399. The summed E-state index contributed by atoms with van der Waals surface area (Å²) >= 11 is 0. The minimum absolute atomic E-state index is 0.711. The van der Waals surface area contributed by atoms with E-state index in [1.54, 1.807) is 0 Å². The molecule has 1 heterocycles. The van der Waals surface area contributed by atoms with Crippen molar-refractivity contribution in [2.24, 2.45) is 0 Å². The van der Waals surface area contributed by atoms with E-state index in [1.165, 1.54) is 0 Å². The lowest BCUT2D eigenvalue weighted by molar-refractivity contribution is -0.361. The monoisotopic (exact) mass is 267 g/mol. The van der Waals surface area contributed by atoms with E-state index in [-0.39, 0.29) is 0 Å². The average molecular weight is 267 g/mol. The lowest BCUT2D eigenvalue weighted by Gasteiger charge is -2.25. The van der Waals surface area contributed by atoms with Crippen molar-refractivity contribution < 1.29 is 35.3 Å². The molecule has 4 nitrogen and oxygen atoms in total. The third kappa shape index (κ3) is 2.00. The molecule has 0 saturated carbocycles. The van der Waals surface area contributed by atoms with E-state index in [9.17, 15) is 30.7 Å². The quantitative estimate of drug-likeness (QED) is 0.854. The van der Waals surface area contributed by atoms with Crippen molar-refractivity contribution in [1.29, 1.82) is 0 Å². The molecule has 11 heteroatoms. The molecule has 0 aliphatic carbocycles. The van der Waals surface area contributed by atoms with E-state index in [0.29, 0.717) is 0 Å². The van der Waals surface area contributed by atoms with Crippen LogP contribution in [0.4, 0.5) is 36.7 Å². The molecule has 1 aromatic heterocycles. The Hall–Kier alpha value is -1.55. The van der Waals surface area contributed by atoms with Crippen LogP contribution < -0.4 is 5.32 Å². The number of halogens is 7. The summed E-state index contributed by atoms with van der Waals surface area (Å²) in [5.74, 6) is -14.0. The Kier molecular flexibility index (Phi) is 2.97. The summed E-state index contributed by atoms with van der Waals surface area (Å²) in [6.45, 7) is 0. The molecule has 0 amide bonds. The molecular weight excluding hydrogens is 263 g/mol. The predicted octanol–water partition coefficient (Wildman–Crippen LogP) is 2.40. The van der Waals surface area contributed by atoms with Crippen LogP contribution in [0.1, 0.15) is 5.82 Å². The highest BCUT2D eigenvalue weighted by atomic mass is 19.4. The number of hydrogen-bond donors (Lipinski definition) is 1. The highest BCUT2D eigenvalue weighted by Crippen LogP contribution is 2.50. The number of alkyl halides is 7. The fourth-order valence-corrected chi connectivity index (χ4v) is 0.771. The van der Waals surface area contributed by atoms with Crippen LogP contribution in [-0.2, 0) is 5.92 Å². The molecule has 0 aliphatic heterocycles. The molecule has 1 aromatic rings. The largest absolute Gasteiger partial charge is 0.460 e. The van der Waals surface area contributed by atoms with E-state index >= 15 is 0 Å². The third-order valence-corrected chi connectivity index (χ3v) is 1.67. The second-order valence-corrected chi connectivity index (χ2v) is 2.82. The van der Waals surface area contributed by atoms with Crippen LogP contribution in [0.2, 0.25) is 0 Å². The van der Waals surface area contributed by atoms with Crippen LogP contribution in [0.15, 0.2) is 4.52 Å². The van der Waals surface area contributed by atoms with E-state index in [0.717, 1.165) is 7.05 Å². The lowest BCUT2D eigenvalue weighted by Crippen LogP contribution is -2.50. The first-order chi connectivity index (χ1) is 7.54. The molecule has 17 heavy (non-hydrogen) atoms. The molecule has 1 N–H and O–H groups in total. The first-order valence-electron chi connectivity index (χ1n) is 3.88. The topological polar surface area (TPSA) is 51.0 Å². The normalized spacial score (nSPS) is 13.9. The van der Waals surface area contributed by atoms with Crippen LogP contribution >= 0.6 is 0 Å². The molecule has 0 atom stereocenters. The summed E-state index contributed by atoms with van der Waals surface area (Å²) in [6, 6.07) is -0.711. The van der Waals surface area contributed by atoms with Gasteiger partial charge >= 0.3 is 24.0 Å². The zero-order valence-electron chi connectivity index (χ0n) is 7.95. The van der Waals surface area contributed by atoms with Crippen molar-refractivity contribution in [3.63, 3.8) is 0 Å². The first-order valence-corrected chi connectivity index (χ1v) is 3.88. The SMILES string of the molecule is CNc1nc(C(F)(F)C(F)(F)C(F)(F)F)no1. The van der Waals surface area contributed by atoms with Crippen molar-refractivity contribution in [2.75, 3.05) is 12.4 Å². The number of rotatable bonds is 3. The minimum Gasteiger partial charge on any atom is -0.341 e. The number of nitrogens with one attached hydrogen (secondary N) is 1. The van der Waals surface area contributed by atoms with Gasteiger partial charge in [-0.05, 0) is 0 Å². The Morgan fingerprint density at radius 1 is 1.06 bits per heavy atom. The van der Waals surface area contributed by atoms with Gasteiger partial charge in [0, 0.05) is 7.05 Å². The molecule has 0 unspecified atom stereocenters. The van der Waals surface area contributed by atoms with Gasteiger partial charge in [-0.15, -0.1) is 0 Å². The highest BCUT2D eigenvalue weighted by molar-refractivity contribution is 5.19. The zero-order valence-corrected chi connectivity index (χ0v) is 7.95. The van der Waals surface area contributed by atoms with Gasteiger partial charge in [-0.3, -0.25) is 0 Å². The summed E-state index contributed by atoms with van der Waals surface area (Å²) in [6.07, 6.45) is -6.43. The predicted molar refractivity (Wildman–Crippen MR) is 38.7 cm³/mol. The van der Waals surface area contributed by atoms with Crippen LogP contribution in [0.3, 0.4) is 0 Å². The van der Waals surface area contributed by atoms with Gasteiger partial charge in [0.25, 0.3) is 0 Å². The summed E-state index contributed by atoms with van der Waals surface area (Å²) in [4.78, 5) is 2.66. The van der Waals surface area contributed by atoms with E-state index in [4.69, 9.17) is 0 Å². The van der Waals surface area contributed by atoms with Crippen molar-refractivity contribution in [1.82, 2.24) is 10.1 Å². The zero-order chi connectivity index (χ0) is 13.5. The fourth-order valence-electron chi connectivity index (χ4n) is 0.771. The summed E-state index contributed by atoms with van der Waals surface area (Å²) in [5, 5.41) is 4.37. The first kappa shape index (κ1) is 13.5. The molecular formula is C6H4F7N3O. The van der Waals surface area contributed by atoms with E-state index in [1.807, 2.05) is 5.32 Å². The van der Waals surface area contributed by atoms with Gasteiger partial charge in [-0.2, -0.15) is 35.7 Å². The van der Waals surface area contributed by atoms with Gasteiger partial charge in [-0.25, -0.2) is 0 Å². The summed E-state index contributed by atoms with van der Waals surface area (Å²) in [5.41, 5.74) is 0. The molecule has 0 radical (unpaired) electrons. The van der Waals surface area contributed by atoms with Gasteiger partial charge in [-0.1, -0.05) is 5.16 Å². The summed E-state index contributed by atoms with van der Waals surface area (Å²) < 4.78 is 90.0. The Balaban J connectivity index is 3.18. The third-order valence-electron chi connectivity index (χ3n) is 1.67. The smallest absolute Gasteiger partial charge is 0.341 e. The van der Waals surface area contributed by atoms with Crippen molar-refractivity contribution in [3.05, 3.63) is 5.82 Å². The van der Waals surface area contributed by atoms with Crippen molar-refractivity contribution >= 4 is 6.01 Å². The van der Waals surface area contributed by atoms with Gasteiger partial charge < -0.3 is 9.84 Å². The van der Waals surface area contributed by atoms with Gasteiger partial charge in [0.1, 0.15) is 0 Å². The van der Waals surface area contributed by atoms with Gasteiger partial charge in [0.2, 0.25) is 5.82 Å². The van der Waals surface area contributed by atoms with Crippen LogP contribution in [0.5, 0.6) is 0 Å². The Morgan fingerprint density at radius 2 is 1.59 bits per heavy atom. The second-order valence-electron chi connectivity index (χ2n) is 2.82. The fraction of sp³-hybridized carbons (Fsp3) is 0.667. The number of aromatic nitrogens is 2. The van der Waals surface area contributed by atoms with Crippen LogP contribution in [0.25, 0.3) is 0 Å².